The minimum absolute atomic E-state index is 0.106. The van der Waals surface area contributed by atoms with Gasteiger partial charge in [0.1, 0.15) is 0 Å². The number of hydrogen-bond acceptors (Lipinski definition) is 6. The van der Waals surface area contributed by atoms with E-state index in [1.54, 1.807) is 41.3 Å². The summed E-state index contributed by atoms with van der Waals surface area (Å²) in [5.74, 6) is 0.546. The molecule has 9 heteroatoms. The van der Waals surface area contributed by atoms with Crippen molar-refractivity contribution in [3.8, 4) is 5.75 Å². The summed E-state index contributed by atoms with van der Waals surface area (Å²) in [5, 5.41) is 6.30. The quantitative estimate of drug-likeness (QED) is 0.628. The van der Waals surface area contributed by atoms with E-state index in [0.717, 1.165) is 5.69 Å². The van der Waals surface area contributed by atoms with E-state index in [1.807, 2.05) is 36.1 Å². The van der Waals surface area contributed by atoms with Crippen LogP contribution in [0.4, 0.5) is 11.4 Å². The normalized spacial score (nSPS) is 20.1. The molecule has 5 rings (SSSR count). The van der Waals surface area contributed by atoms with Crippen LogP contribution >= 0.6 is 11.6 Å². The highest BCUT2D eigenvalue weighted by Gasteiger charge is 2.37. The Balaban J connectivity index is 1.51. The van der Waals surface area contributed by atoms with Gasteiger partial charge in [-0.15, -0.1) is 0 Å². The lowest BCUT2D eigenvalue weighted by Crippen LogP contribution is -2.44. The summed E-state index contributed by atoms with van der Waals surface area (Å²) in [6.07, 6.45) is 3.30. The van der Waals surface area contributed by atoms with Crippen molar-refractivity contribution in [2.75, 3.05) is 42.8 Å². The standard InChI is InChI=1S/C25H23ClN4O4/c1-2-29-20-16-17(26)8-10-21(20)34-22(29)11-9-19-23(25(32)28-12-14-33-15-13-28)27-30(24(19)31)18-6-4-3-5-7-18/h3-11,16H,2,12-15H2,1H3/b19-9-,22-11-. The Morgan fingerprint density at radius 3 is 2.62 bits per heavy atom. The third kappa shape index (κ3) is 4.06. The number of benzene rings is 2. The second-order valence-electron chi connectivity index (χ2n) is 7.85. The zero-order chi connectivity index (χ0) is 23.7. The van der Waals surface area contributed by atoms with Crippen molar-refractivity contribution in [1.82, 2.24) is 4.90 Å². The monoisotopic (exact) mass is 478 g/mol. The van der Waals surface area contributed by atoms with E-state index in [1.165, 1.54) is 5.01 Å². The molecular weight excluding hydrogens is 456 g/mol. The number of carbonyl (C=O) groups is 2. The van der Waals surface area contributed by atoms with Gasteiger partial charge in [-0.3, -0.25) is 9.59 Å². The minimum Gasteiger partial charge on any atom is -0.439 e. The van der Waals surface area contributed by atoms with Gasteiger partial charge in [-0.1, -0.05) is 29.8 Å². The number of anilines is 2. The lowest BCUT2D eigenvalue weighted by atomic mass is 10.1. The number of carbonyl (C=O) groups excluding carboxylic acids is 2. The van der Waals surface area contributed by atoms with Crippen LogP contribution in [-0.4, -0.2) is 55.3 Å². The fraction of sp³-hybridized carbons (Fsp3) is 0.240. The van der Waals surface area contributed by atoms with Gasteiger partial charge in [-0.2, -0.15) is 10.1 Å². The smallest absolute Gasteiger partial charge is 0.281 e. The van der Waals surface area contributed by atoms with Crippen molar-refractivity contribution in [3.63, 3.8) is 0 Å². The summed E-state index contributed by atoms with van der Waals surface area (Å²) >= 11 is 6.16. The molecular formula is C25H23ClN4O4. The number of morpholine rings is 1. The first-order valence-electron chi connectivity index (χ1n) is 11.1. The second kappa shape index (κ2) is 9.32. The summed E-state index contributed by atoms with van der Waals surface area (Å²) in [4.78, 5) is 30.3. The second-order valence-corrected chi connectivity index (χ2v) is 8.29. The molecule has 0 unspecified atom stereocenters. The first kappa shape index (κ1) is 22.2. The Morgan fingerprint density at radius 2 is 1.88 bits per heavy atom. The predicted octanol–water partition coefficient (Wildman–Crippen LogP) is 3.59. The number of fused-ring (bicyclic) bond motifs is 1. The van der Waals surface area contributed by atoms with Crippen molar-refractivity contribution in [2.24, 2.45) is 5.10 Å². The molecule has 174 valence electrons. The first-order chi connectivity index (χ1) is 16.6. The van der Waals surface area contributed by atoms with Crippen LogP contribution in [0.5, 0.6) is 5.75 Å². The number of rotatable bonds is 4. The molecule has 2 aromatic rings. The molecule has 0 N–H and O–H groups in total. The minimum atomic E-state index is -0.374. The zero-order valence-corrected chi connectivity index (χ0v) is 19.4. The Hall–Kier alpha value is -3.62. The molecule has 0 spiro atoms. The van der Waals surface area contributed by atoms with Gasteiger partial charge >= 0.3 is 0 Å². The van der Waals surface area contributed by atoms with E-state index < -0.39 is 0 Å². The van der Waals surface area contributed by atoms with Crippen molar-refractivity contribution < 1.29 is 19.1 Å². The Kier molecular flexibility index (Phi) is 6.08. The molecule has 0 aliphatic carbocycles. The maximum absolute atomic E-state index is 13.4. The highest BCUT2D eigenvalue weighted by atomic mass is 35.5. The highest BCUT2D eigenvalue weighted by Crippen LogP contribution is 2.40. The van der Waals surface area contributed by atoms with E-state index in [9.17, 15) is 9.59 Å². The molecule has 2 aromatic carbocycles. The van der Waals surface area contributed by atoms with Crippen molar-refractivity contribution >= 4 is 40.5 Å². The van der Waals surface area contributed by atoms with Crippen LogP contribution < -0.4 is 14.6 Å². The van der Waals surface area contributed by atoms with Crippen LogP contribution in [0.3, 0.4) is 0 Å². The average Bonchev–Trinajstić information content (AvgIpc) is 3.39. The lowest BCUT2D eigenvalue weighted by molar-refractivity contribution is -0.128. The van der Waals surface area contributed by atoms with Gasteiger partial charge in [-0.05, 0) is 49.4 Å². The molecule has 0 atom stereocenters. The van der Waals surface area contributed by atoms with Crippen molar-refractivity contribution in [1.29, 1.82) is 0 Å². The number of nitrogens with zero attached hydrogens (tertiary/aromatic N) is 4. The number of halogens is 1. The van der Waals surface area contributed by atoms with Crippen molar-refractivity contribution in [3.05, 3.63) is 77.2 Å². The van der Waals surface area contributed by atoms with Gasteiger partial charge in [0.05, 0.1) is 30.2 Å². The Bertz CT molecular complexity index is 1220. The van der Waals surface area contributed by atoms with E-state index in [0.29, 0.717) is 55.2 Å². The van der Waals surface area contributed by atoms with Crippen LogP contribution in [0.25, 0.3) is 0 Å². The average molecular weight is 479 g/mol. The molecule has 34 heavy (non-hydrogen) atoms. The van der Waals surface area contributed by atoms with Gasteiger partial charge in [0.15, 0.2) is 11.5 Å². The third-order valence-electron chi connectivity index (χ3n) is 5.78. The van der Waals surface area contributed by atoms with Gasteiger partial charge < -0.3 is 19.3 Å². The van der Waals surface area contributed by atoms with E-state index in [4.69, 9.17) is 21.1 Å². The van der Waals surface area contributed by atoms with Gasteiger partial charge in [0, 0.05) is 24.7 Å². The van der Waals surface area contributed by atoms with Crippen LogP contribution in [0.15, 0.2) is 77.2 Å². The molecule has 1 saturated heterocycles. The third-order valence-corrected chi connectivity index (χ3v) is 6.02. The van der Waals surface area contributed by atoms with Crippen LogP contribution in [0.1, 0.15) is 6.92 Å². The number of hydrogen-bond donors (Lipinski definition) is 0. The molecule has 0 aromatic heterocycles. The molecule has 2 amide bonds. The molecule has 0 saturated carbocycles. The predicted molar refractivity (Wildman–Crippen MR) is 130 cm³/mol. The number of para-hydroxylation sites is 1. The maximum atomic E-state index is 13.4. The van der Waals surface area contributed by atoms with Gasteiger partial charge in [0.2, 0.25) is 5.88 Å². The maximum Gasteiger partial charge on any atom is 0.281 e. The van der Waals surface area contributed by atoms with Crippen molar-refractivity contribution in [2.45, 2.75) is 6.92 Å². The van der Waals surface area contributed by atoms with E-state index >= 15 is 0 Å². The zero-order valence-electron chi connectivity index (χ0n) is 18.6. The molecule has 0 radical (unpaired) electrons. The fourth-order valence-electron chi connectivity index (χ4n) is 4.06. The Morgan fingerprint density at radius 1 is 1.12 bits per heavy atom. The van der Waals surface area contributed by atoms with E-state index in [-0.39, 0.29) is 23.1 Å². The molecule has 8 nitrogen and oxygen atoms in total. The summed E-state index contributed by atoms with van der Waals surface area (Å²) in [6, 6.07) is 14.5. The summed E-state index contributed by atoms with van der Waals surface area (Å²) in [5.41, 5.74) is 1.75. The van der Waals surface area contributed by atoms with E-state index in [2.05, 4.69) is 5.10 Å². The van der Waals surface area contributed by atoms with Gasteiger partial charge in [-0.25, -0.2) is 0 Å². The highest BCUT2D eigenvalue weighted by molar-refractivity contribution is 6.54. The lowest BCUT2D eigenvalue weighted by Gasteiger charge is -2.26. The number of hydrazone groups is 1. The number of ether oxygens (including phenoxy) is 2. The van der Waals surface area contributed by atoms with Crippen LogP contribution in [0, 0.1) is 0 Å². The first-order valence-corrected chi connectivity index (χ1v) is 11.5. The topological polar surface area (TPSA) is 74.7 Å². The summed E-state index contributed by atoms with van der Waals surface area (Å²) in [7, 11) is 0. The number of amides is 2. The van der Waals surface area contributed by atoms with Crippen LogP contribution in [-0.2, 0) is 14.3 Å². The Labute approximate surface area is 202 Å². The molecule has 3 aliphatic heterocycles. The van der Waals surface area contributed by atoms with Crippen LogP contribution in [0.2, 0.25) is 5.02 Å². The molecule has 3 aliphatic rings. The fourth-order valence-corrected chi connectivity index (χ4v) is 4.23. The molecule has 3 heterocycles. The molecule has 1 fully saturated rings. The number of allylic oxidation sites excluding steroid dienone is 2. The SMILES string of the molecule is CCN1/C(=C/C=C2\C(=O)N(c3ccccc3)N=C2C(=O)N2CCOCC2)Oc2ccc(Cl)cc21. The summed E-state index contributed by atoms with van der Waals surface area (Å²) in [6.45, 7) is 4.45. The molecule has 0 bridgehead atoms. The summed E-state index contributed by atoms with van der Waals surface area (Å²) < 4.78 is 11.4. The van der Waals surface area contributed by atoms with Gasteiger partial charge in [0.25, 0.3) is 11.8 Å². The largest absolute Gasteiger partial charge is 0.439 e.